The van der Waals surface area contributed by atoms with Crippen LogP contribution in [0.5, 0.6) is 5.75 Å². The number of ether oxygens (including phenoxy) is 1. The fraction of sp³-hybridized carbons (Fsp3) is 0.385. The van der Waals surface area contributed by atoms with Crippen LogP contribution < -0.4 is 0 Å². The number of hydrogen-bond donors (Lipinski definition) is 1. The topological polar surface area (TPSA) is 66.8 Å². The Balaban J connectivity index is 2.81. The molecular weight excluding hydrogens is 234 g/mol. The van der Waals surface area contributed by atoms with Crippen molar-refractivity contribution in [3.8, 4) is 5.75 Å². The molecule has 1 aromatic rings. The van der Waals surface area contributed by atoms with Crippen LogP contribution in [0.2, 0.25) is 0 Å². The van der Waals surface area contributed by atoms with Crippen molar-refractivity contribution in [2.45, 2.75) is 13.3 Å². The largest absolute Gasteiger partial charge is 0.508 e. The Labute approximate surface area is 106 Å². The van der Waals surface area contributed by atoms with Crippen molar-refractivity contribution < 1.29 is 19.4 Å². The number of nitrogens with zero attached hydrogens (tertiary/aromatic N) is 1. The first-order valence-electron chi connectivity index (χ1n) is 5.73. The van der Waals surface area contributed by atoms with Crippen LogP contribution in [0.4, 0.5) is 0 Å². The molecule has 0 heterocycles. The predicted molar refractivity (Wildman–Crippen MR) is 66.3 cm³/mol. The van der Waals surface area contributed by atoms with E-state index >= 15 is 0 Å². The SMILES string of the molecule is CCCN(CC(=O)OC)C(=O)c1ccc(O)cc1. The average molecular weight is 251 g/mol. The molecule has 0 saturated heterocycles. The van der Waals surface area contributed by atoms with E-state index in [1.165, 1.54) is 36.3 Å². The van der Waals surface area contributed by atoms with Crippen LogP contribution in [-0.2, 0) is 9.53 Å². The van der Waals surface area contributed by atoms with Gasteiger partial charge in [0.25, 0.3) is 5.91 Å². The number of carbonyl (C=O) groups excluding carboxylic acids is 2. The van der Waals surface area contributed by atoms with Crippen molar-refractivity contribution in [1.82, 2.24) is 4.90 Å². The monoisotopic (exact) mass is 251 g/mol. The maximum absolute atomic E-state index is 12.1. The van der Waals surface area contributed by atoms with Crippen LogP contribution in [0.3, 0.4) is 0 Å². The molecule has 0 spiro atoms. The molecule has 0 aliphatic rings. The standard InChI is InChI=1S/C13H17NO4/c1-3-8-14(9-12(16)18-2)13(17)10-4-6-11(15)7-5-10/h4-7,15H,3,8-9H2,1-2H3. The fourth-order valence-corrected chi connectivity index (χ4v) is 1.53. The first-order chi connectivity index (χ1) is 8.58. The molecule has 5 nitrogen and oxygen atoms in total. The van der Waals surface area contributed by atoms with E-state index in [4.69, 9.17) is 5.11 Å². The van der Waals surface area contributed by atoms with Gasteiger partial charge in [-0.05, 0) is 30.7 Å². The van der Waals surface area contributed by atoms with Gasteiger partial charge in [-0.15, -0.1) is 0 Å². The molecule has 5 heteroatoms. The number of phenols is 1. The number of esters is 1. The smallest absolute Gasteiger partial charge is 0.325 e. The van der Waals surface area contributed by atoms with Gasteiger partial charge in [0.2, 0.25) is 0 Å². The molecule has 0 aliphatic carbocycles. The highest BCUT2D eigenvalue weighted by Crippen LogP contribution is 2.12. The van der Waals surface area contributed by atoms with Crippen molar-refractivity contribution in [1.29, 1.82) is 0 Å². The molecule has 0 radical (unpaired) electrons. The van der Waals surface area contributed by atoms with Crippen LogP contribution in [0.25, 0.3) is 0 Å². The summed E-state index contributed by atoms with van der Waals surface area (Å²) in [6.45, 7) is 2.34. The zero-order valence-electron chi connectivity index (χ0n) is 10.5. The Kier molecular flexibility index (Phi) is 5.17. The number of methoxy groups -OCH3 is 1. The maximum Gasteiger partial charge on any atom is 0.325 e. The van der Waals surface area contributed by atoms with Gasteiger partial charge in [-0.1, -0.05) is 6.92 Å². The van der Waals surface area contributed by atoms with Gasteiger partial charge in [0.05, 0.1) is 7.11 Å². The Bertz CT molecular complexity index is 414. The third kappa shape index (κ3) is 3.76. The predicted octanol–water partition coefficient (Wildman–Crippen LogP) is 1.42. The number of aromatic hydroxyl groups is 1. The van der Waals surface area contributed by atoms with E-state index in [0.717, 1.165) is 6.42 Å². The van der Waals surface area contributed by atoms with Gasteiger partial charge in [-0.25, -0.2) is 0 Å². The summed E-state index contributed by atoms with van der Waals surface area (Å²) < 4.78 is 4.56. The Hall–Kier alpha value is -2.04. The third-order valence-electron chi connectivity index (χ3n) is 2.44. The first kappa shape index (κ1) is 14.0. The lowest BCUT2D eigenvalue weighted by molar-refractivity contribution is -0.141. The molecule has 1 aromatic carbocycles. The van der Waals surface area contributed by atoms with E-state index < -0.39 is 5.97 Å². The quantitative estimate of drug-likeness (QED) is 0.804. The van der Waals surface area contributed by atoms with E-state index in [0.29, 0.717) is 12.1 Å². The van der Waals surface area contributed by atoms with Crippen molar-refractivity contribution in [3.05, 3.63) is 29.8 Å². The summed E-state index contributed by atoms with van der Waals surface area (Å²) in [4.78, 5) is 24.8. The number of rotatable bonds is 5. The summed E-state index contributed by atoms with van der Waals surface area (Å²) in [5.41, 5.74) is 0.435. The number of carbonyl (C=O) groups is 2. The van der Waals surface area contributed by atoms with Gasteiger partial charge in [0.1, 0.15) is 12.3 Å². The minimum Gasteiger partial charge on any atom is -0.508 e. The molecule has 1 rings (SSSR count). The van der Waals surface area contributed by atoms with E-state index in [-0.39, 0.29) is 18.2 Å². The molecule has 1 amide bonds. The molecule has 0 fully saturated rings. The second-order valence-corrected chi connectivity index (χ2v) is 3.85. The highest BCUT2D eigenvalue weighted by atomic mass is 16.5. The van der Waals surface area contributed by atoms with Crippen molar-refractivity contribution in [2.75, 3.05) is 20.2 Å². The van der Waals surface area contributed by atoms with Crippen LogP contribution in [0.1, 0.15) is 23.7 Å². The summed E-state index contributed by atoms with van der Waals surface area (Å²) in [5, 5.41) is 9.16. The molecule has 0 atom stereocenters. The second kappa shape index (κ2) is 6.64. The first-order valence-corrected chi connectivity index (χ1v) is 5.73. The number of amides is 1. The van der Waals surface area contributed by atoms with E-state index in [1.54, 1.807) is 0 Å². The normalized spacial score (nSPS) is 9.89. The van der Waals surface area contributed by atoms with Crippen LogP contribution in [-0.4, -0.2) is 42.1 Å². The number of phenolic OH excluding ortho intramolecular Hbond substituents is 1. The molecule has 18 heavy (non-hydrogen) atoms. The van der Waals surface area contributed by atoms with Crippen LogP contribution in [0, 0.1) is 0 Å². The molecular formula is C13H17NO4. The third-order valence-corrected chi connectivity index (χ3v) is 2.44. The maximum atomic E-state index is 12.1. The lowest BCUT2D eigenvalue weighted by Crippen LogP contribution is -2.36. The van der Waals surface area contributed by atoms with E-state index in [2.05, 4.69) is 4.74 Å². The minimum absolute atomic E-state index is 0.0654. The molecule has 1 N–H and O–H groups in total. The highest BCUT2D eigenvalue weighted by Gasteiger charge is 2.18. The highest BCUT2D eigenvalue weighted by molar-refractivity contribution is 5.96. The molecule has 0 aromatic heterocycles. The molecule has 0 bridgehead atoms. The minimum atomic E-state index is -0.449. The van der Waals surface area contributed by atoms with Crippen molar-refractivity contribution >= 4 is 11.9 Å². The average Bonchev–Trinajstić information content (AvgIpc) is 2.38. The molecule has 0 aliphatic heterocycles. The number of hydrogen-bond acceptors (Lipinski definition) is 4. The van der Waals surface area contributed by atoms with Crippen molar-refractivity contribution in [3.63, 3.8) is 0 Å². The van der Waals surface area contributed by atoms with Gasteiger partial charge < -0.3 is 14.7 Å². The van der Waals surface area contributed by atoms with Gasteiger partial charge in [-0.2, -0.15) is 0 Å². The van der Waals surface area contributed by atoms with Crippen LogP contribution >= 0.6 is 0 Å². The lowest BCUT2D eigenvalue weighted by atomic mass is 10.2. The van der Waals surface area contributed by atoms with Crippen LogP contribution in [0.15, 0.2) is 24.3 Å². The molecule has 0 unspecified atom stereocenters. The van der Waals surface area contributed by atoms with Gasteiger partial charge >= 0.3 is 5.97 Å². The van der Waals surface area contributed by atoms with Gasteiger partial charge in [0.15, 0.2) is 0 Å². The van der Waals surface area contributed by atoms with E-state index in [9.17, 15) is 9.59 Å². The fourth-order valence-electron chi connectivity index (χ4n) is 1.53. The summed E-state index contributed by atoms with van der Waals surface area (Å²) in [6, 6.07) is 5.93. The second-order valence-electron chi connectivity index (χ2n) is 3.85. The Morgan fingerprint density at radius 1 is 1.28 bits per heavy atom. The van der Waals surface area contributed by atoms with E-state index in [1.807, 2.05) is 6.92 Å². The number of benzene rings is 1. The Morgan fingerprint density at radius 3 is 2.39 bits per heavy atom. The summed E-state index contributed by atoms with van der Waals surface area (Å²) in [5.74, 6) is -0.598. The summed E-state index contributed by atoms with van der Waals surface area (Å²) in [6.07, 6.45) is 0.751. The van der Waals surface area contributed by atoms with Crippen molar-refractivity contribution in [2.24, 2.45) is 0 Å². The zero-order chi connectivity index (χ0) is 13.5. The molecule has 98 valence electrons. The zero-order valence-corrected chi connectivity index (χ0v) is 10.5. The summed E-state index contributed by atoms with van der Waals surface area (Å²) in [7, 11) is 1.29. The molecule has 0 saturated carbocycles. The van der Waals surface area contributed by atoms with Gasteiger partial charge in [0, 0.05) is 12.1 Å². The van der Waals surface area contributed by atoms with Gasteiger partial charge in [-0.3, -0.25) is 9.59 Å². The summed E-state index contributed by atoms with van der Waals surface area (Å²) >= 11 is 0. The Morgan fingerprint density at radius 2 is 1.89 bits per heavy atom. The lowest BCUT2D eigenvalue weighted by Gasteiger charge is -2.20.